The van der Waals surface area contributed by atoms with Crippen LogP contribution in [0.1, 0.15) is 17.0 Å². The first kappa shape index (κ1) is 20.4. The third-order valence-corrected chi connectivity index (χ3v) is 6.43. The molecule has 1 saturated heterocycles. The van der Waals surface area contributed by atoms with Gasteiger partial charge in [-0.25, -0.2) is 4.98 Å². The Kier molecular flexibility index (Phi) is 5.45. The normalized spacial score (nSPS) is 16.0. The zero-order valence-electron chi connectivity index (χ0n) is 17.4. The summed E-state index contributed by atoms with van der Waals surface area (Å²) in [6.07, 6.45) is 2.94. The van der Waals surface area contributed by atoms with Crippen molar-refractivity contribution in [3.05, 3.63) is 71.7 Å². The number of nitrogens with one attached hydrogen (secondary N) is 2. The van der Waals surface area contributed by atoms with Crippen LogP contribution in [0.25, 0.3) is 22.4 Å². The molecule has 1 atom stereocenters. The number of carbonyl (C=O) groups excluding carboxylic acids is 2. The molecule has 1 unspecified atom stereocenters. The summed E-state index contributed by atoms with van der Waals surface area (Å²) in [6, 6.07) is 15.6. The minimum Gasteiger partial charge on any atom is -0.492 e. The van der Waals surface area contributed by atoms with Crippen LogP contribution in [-0.4, -0.2) is 33.0 Å². The number of H-pyrrole nitrogens is 1. The largest absolute Gasteiger partial charge is 0.492 e. The highest BCUT2D eigenvalue weighted by Gasteiger charge is 2.32. The van der Waals surface area contributed by atoms with Crippen LogP contribution in [-0.2, 0) is 17.6 Å². The van der Waals surface area contributed by atoms with E-state index in [1.165, 1.54) is 0 Å². The number of amides is 2. The first-order chi connectivity index (χ1) is 15.6. The summed E-state index contributed by atoms with van der Waals surface area (Å²) in [4.78, 5) is 31.2. The summed E-state index contributed by atoms with van der Waals surface area (Å²) in [6.45, 7) is 2.37. The topological polar surface area (TPSA) is 97.2 Å². The van der Waals surface area contributed by atoms with E-state index in [1.807, 2.05) is 61.7 Å². The van der Waals surface area contributed by atoms with Gasteiger partial charge in [0, 0.05) is 23.6 Å². The lowest BCUT2D eigenvalue weighted by Crippen LogP contribution is -2.25. The van der Waals surface area contributed by atoms with Crippen LogP contribution in [0.4, 0.5) is 4.79 Å². The predicted octanol–water partition coefficient (Wildman–Crippen LogP) is 4.65. The molecule has 32 heavy (non-hydrogen) atoms. The highest BCUT2D eigenvalue weighted by Crippen LogP contribution is 2.31. The third kappa shape index (κ3) is 4.01. The second-order valence-electron chi connectivity index (χ2n) is 7.56. The van der Waals surface area contributed by atoms with Gasteiger partial charge in [0.1, 0.15) is 11.5 Å². The maximum Gasteiger partial charge on any atom is 0.286 e. The van der Waals surface area contributed by atoms with E-state index >= 15 is 0 Å². The van der Waals surface area contributed by atoms with Crippen LogP contribution in [0, 0.1) is 6.92 Å². The van der Waals surface area contributed by atoms with Gasteiger partial charge in [-0.05, 0) is 43.2 Å². The zero-order valence-corrected chi connectivity index (χ0v) is 18.2. The highest BCUT2D eigenvalue weighted by atomic mass is 32.2. The molecule has 5 rings (SSSR count). The van der Waals surface area contributed by atoms with E-state index in [9.17, 15) is 9.59 Å². The molecule has 4 aromatic rings. The molecule has 2 aromatic heterocycles. The molecule has 7 nitrogen and oxygen atoms in total. The van der Waals surface area contributed by atoms with Crippen molar-refractivity contribution in [1.29, 1.82) is 0 Å². The third-order valence-electron chi connectivity index (χ3n) is 5.45. The lowest BCUT2D eigenvalue weighted by Gasteiger charge is -2.11. The molecule has 0 spiro atoms. The SMILES string of the molecule is Cc1oc(-c2ccccc2)nc1CCOc1ccc(CC2SC(=O)NC2=O)c2[nH]ccc12. The maximum atomic E-state index is 11.9. The zero-order chi connectivity index (χ0) is 22.1. The van der Waals surface area contributed by atoms with Crippen molar-refractivity contribution in [3.8, 4) is 17.2 Å². The molecule has 0 bridgehead atoms. The lowest BCUT2D eigenvalue weighted by atomic mass is 10.1. The number of rotatable bonds is 7. The fraction of sp³-hybridized carbons (Fsp3) is 0.208. The van der Waals surface area contributed by atoms with Crippen molar-refractivity contribution >= 4 is 33.8 Å². The number of nitrogens with zero attached hydrogens (tertiary/aromatic N) is 1. The van der Waals surface area contributed by atoms with Crippen molar-refractivity contribution in [3.63, 3.8) is 0 Å². The number of aryl methyl sites for hydroxylation is 1. The molecule has 0 radical (unpaired) electrons. The number of hydrogen-bond donors (Lipinski definition) is 2. The Labute approximate surface area is 188 Å². The monoisotopic (exact) mass is 447 g/mol. The Morgan fingerprint density at radius 3 is 2.75 bits per heavy atom. The summed E-state index contributed by atoms with van der Waals surface area (Å²) >= 11 is 1.04. The van der Waals surface area contributed by atoms with Crippen LogP contribution in [0.15, 0.2) is 59.1 Å². The molecular weight excluding hydrogens is 426 g/mol. The van der Waals surface area contributed by atoms with Gasteiger partial charge in [-0.2, -0.15) is 0 Å². The molecule has 2 N–H and O–H groups in total. The second kappa shape index (κ2) is 8.55. The Morgan fingerprint density at radius 2 is 1.97 bits per heavy atom. The summed E-state index contributed by atoms with van der Waals surface area (Å²) in [5, 5.41) is 2.58. The number of hydrogen-bond acceptors (Lipinski definition) is 6. The molecule has 162 valence electrons. The minimum absolute atomic E-state index is 0.238. The van der Waals surface area contributed by atoms with E-state index < -0.39 is 5.25 Å². The summed E-state index contributed by atoms with van der Waals surface area (Å²) < 4.78 is 11.9. The van der Waals surface area contributed by atoms with Crippen LogP contribution < -0.4 is 10.1 Å². The van der Waals surface area contributed by atoms with Crippen LogP contribution in [0.5, 0.6) is 5.75 Å². The van der Waals surface area contributed by atoms with Crippen molar-refractivity contribution < 1.29 is 18.7 Å². The van der Waals surface area contributed by atoms with Crippen LogP contribution >= 0.6 is 11.8 Å². The molecule has 0 aliphatic carbocycles. The quantitative estimate of drug-likeness (QED) is 0.428. The molecule has 1 fully saturated rings. The fourth-order valence-electron chi connectivity index (χ4n) is 3.83. The molecule has 8 heteroatoms. The van der Waals surface area contributed by atoms with Gasteiger partial charge in [0.25, 0.3) is 5.24 Å². The molecule has 2 aromatic carbocycles. The number of aromatic amines is 1. The minimum atomic E-state index is -0.408. The number of oxazole rings is 1. The molecular formula is C24H21N3O4S. The lowest BCUT2D eigenvalue weighted by molar-refractivity contribution is -0.118. The highest BCUT2D eigenvalue weighted by molar-refractivity contribution is 8.15. The van der Waals surface area contributed by atoms with E-state index in [4.69, 9.17) is 9.15 Å². The molecule has 2 amide bonds. The average Bonchev–Trinajstić information content (AvgIpc) is 3.50. The van der Waals surface area contributed by atoms with Crippen molar-refractivity contribution in [2.24, 2.45) is 0 Å². The smallest absolute Gasteiger partial charge is 0.286 e. The Balaban J connectivity index is 1.28. The van der Waals surface area contributed by atoms with E-state index in [0.29, 0.717) is 25.3 Å². The maximum absolute atomic E-state index is 11.9. The van der Waals surface area contributed by atoms with Crippen molar-refractivity contribution in [2.75, 3.05) is 6.61 Å². The van der Waals surface area contributed by atoms with Gasteiger partial charge in [0.05, 0.1) is 23.1 Å². The number of carbonyl (C=O) groups is 2. The van der Waals surface area contributed by atoms with Crippen LogP contribution in [0.3, 0.4) is 0 Å². The predicted molar refractivity (Wildman–Crippen MR) is 123 cm³/mol. The first-order valence-corrected chi connectivity index (χ1v) is 11.2. The standard InChI is InChI=1S/C24H21N3O4S/c1-14-18(26-23(31-14)15-5-3-2-4-6-15)10-12-30-19-8-7-16(21-17(19)9-11-25-21)13-20-22(28)27-24(29)32-20/h2-9,11,20,25H,10,12-13H2,1H3,(H,27,28,29). The van der Waals surface area contributed by atoms with Crippen molar-refractivity contribution in [2.45, 2.75) is 25.0 Å². The van der Waals surface area contributed by atoms with E-state index in [-0.39, 0.29) is 11.1 Å². The Bertz CT molecular complexity index is 1300. The van der Waals surface area contributed by atoms with Gasteiger partial charge < -0.3 is 14.1 Å². The Morgan fingerprint density at radius 1 is 1.12 bits per heavy atom. The van der Waals surface area contributed by atoms with E-state index in [2.05, 4.69) is 15.3 Å². The molecule has 1 aliphatic rings. The van der Waals surface area contributed by atoms with Gasteiger partial charge in [-0.1, -0.05) is 36.0 Å². The summed E-state index contributed by atoms with van der Waals surface area (Å²) in [7, 11) is 0. The first-order valence-electron chi connectivity index (χ1n) is 10.3. The number of ether oxygens (including phenoxy) is 1. The molecule has 3 heterocycles. The van der Waals surface area contributed by atoms with Crippen molar-refractivity contribution in [1.82, 2.24) is 15.3 Å². The number of aromatic nitrogens is 2. The second-order valence-corrected chi connectivity index (χ2v) is 8.74. The number of thioether (sulfide) groups is 1. The number of fused-ring (bicyclic) bond motifs is 1. The molecule has 0 saturated carbocycles. The van der Waals surface area contributed by atoms with Gasteiger partial charge >= 0.3 is 0 Å². The number of benzene rings is 2. The van der Waals surface area contributed by atoms with Crippen LogP contribution in [0.2, 0.25) is 0 Å². The van der Waals surface area contributed by atoms with Gasteiger partial charge in [-0.3, -0.25) is 14.9 Å². The van der Waals surface area contributed by atoms with E-state index in [0.717, 1.165) is 51.0 Å². The van der Waals surface area contributed by atoms with E-state index in [1.54, 1.807) is 0 Å². The number of imide groups is 1. The average molecular weight is 448 g/mol. The summed E-state index contributed by atoms with van der Waals surface area (Å²) in [5.41, 5.74) is 3.71. The molecule has 1 aliphatic heterocycles. The summed E-state index contributed by atoms with van der Waals surface area (Å²) in [5.74, 6) is 1.92. The van der Waals surface area contributed by atoms with Gasteiger partial charge in [-0.15, -0.1) is 0 Å². The fourth-order valence-corrected chi connectivity index (χ4v) is 4.68. The van der Waals surface area contributed by atoms with Gasteiger partial charge in [0.15, 0.2) is 0 Å². The Hall–Kier alpha value is -3.52. The van der Waals surface area contributed by atoms with Gasteiger partial charge in [0.2, 0.25) is 11.8 Å².